The molecule has 2 rings (SSSR count). The highest BCUT2D eigenvalue weighted by Crippen LogP contribution is 2.26. The van der Waals surface area contributed by atoms with Crippen LogP contribution in [0.2, 0.25) is 0 Å². The number of amides is 2. The molecule has 0 aliphatic carbocycles. The summed E-state index contributed by atoms with van der Waals surface area (Å²) in [4.78, 5) is 25.3. The molecule has 1 aliphatic heterocycles. The van der Waals surface area contributed by atoms with Crippen molar-refractivity contribution in [2.45, 2.75) is 25.4 Å². The van der Waals surface area contributed by atoms with Gasteiger partial charge in [-0.15, -0.1) is 0 Å². The highest BCUT2D eigenvalue weighted by atomic mass is 16.5. The SMILES string of the molecule is C=CC(=O)Nc1ccc(C(=O)N(C)CC2(C)CCCO2)cc1. The molecule has 0 bridgehead atoms. The van der Waals surface area contributed by atoms with Gasteiger partial charge >= 0.3 is 0 Å². The lowest BCUT2D eigenvalue weighted by atomic mass is 10.0. The number of carbonyl (C=O) groups excluding carboxylic acids is 2. The van der Waals surface area contributed by atoms with Gasteiger partial charge in [0, 0.05) is 31.5 Å². The fourth-order valence-electron chi connectivity index (χ4n) is 2.64. The molecule has 5 heteroatoms. The quantitative estimate of drug-likeness (QED) is 0.850. The van der Waals surface area contributed by atoms with Gasteiger partial charge in [-0.1, -0.05) is 6.58 Å². The average molecular weight is 302 g/mol. The zero-order valence-electron chi connectivity index (χ0n) is 13.1. The number of nitrogens with one attached hydrogen (secondary N) is 1. The number of nitrogens with zero attached hydrogens (tertiary/aromatic N) is 1. The minimum absolute atomic E-state index is 0.0571. The maximum Gasteiger partial charge on any atom is 0.253 e. The van der Waals surface area contributed by atoms with Crippen LogP contribution < -0.4 is 5.32 Å². The predicted molar refractivity (Wildman–Crippen MR) is 85.8 cm³/mol. The van der Waals surface area contributed by atoms with E-state index < -0.39 is 0 Å². The Labute approximate surface area is 130 Å². The van der Waals surface area contributed by atoms with Crippen LogP contribution in [0.3, 0.4) is 0 Å². The number of rotatable bonds is 5. The highest BCUT2D eigenvalue weighted by Gasteiger charge is 2.32. The van der Waals surface area contributed by atoms with E-state index in [0.717, 1.165) is 19.4 Å². The third-order valence-electron chi connectivity index (χ3n) is 3.80. The van der Waals surface area contributed by atoms with Gasteiger partial charge in [-0.05, 0) is 50.1 Å². The van der Waals surface area contributed by atoms with Gasteiger partial charge in [-0.25, -0.2) is 0 Å². The summed E-state index contributed by atoms with van der Waals surface area (Å²) in [6.07, 6.45) is 3.21. The van der Waals surface area contributed by atoms with E-state index in [1.165, 1.54) is 6.08 Å². The van der Waals surface area contributed by atoms with Crippen LogP contribution >= 0.6 is 0 Å². The molecule has 1 aromatic rings. The Morgan fingerprint density at radius 1 is 1.41 bits per heavy atom. The van der Waals surface area contributed by atoms with Crippen LogP contribution in [-0.2, 0) is 9.53 Å². The minimum atomic E-state index is -0.275. The second-order valence-corrected chi connectivity index (χ2v) is 5.83. The largest absolute Gasteiger partial charge is 0.373 e. The molecule has 1 N–H and O–H groups in total. The summed E-state index contributed by atoms with van der Waals surface area (Å²) in [6, 6.07) is 6.82. The molecule has 1 heterocycles. The minimum Gasteiger partial charge on any atom is -0.373 e. The van der Waals surface area contributed by atoms with Crippen LogP contribution in [0.1, 0.15) is 30.1 Å². The molecule has 118 valence electrons. The van der Waals surface area contributed by atoms with Crippen molar-refractivity contribution in [3.8, 4) is 0 Å². The van der Waals surface area contributed by atoms with E-state index in [-0.39, 0.29) is 17.4 Å². The van der Waals surface area contributed by atoms with E-state index in [1.54, 1.807) is 36.2 Å². The molecule has 0 saturated carbocycles. The zero-order valence-corrected chi connectivity index (χ0v) is 13.1. The molecule has 5 nitrogen and oxygen atoms in total. The van der Waals surface area contributed by atoms with E-state index >= 15 is 0 Å². The monoisotopic (exact) mass is 302 g/mol. The molecule has 0 radical (unpaired) electrons. The summed E-state index contributed by atoms with van der Waals surface area (Å²) in [5.74, 6) is -0.333. The van der Waals surface area contributed by atoms with Gasteiger partial charge in [0.15, 0.2) is 0 Å². The van der Waals surface area contributed by atoms with Crippen molar-refractivity contribution >= 4 is 17.5 Å². The van der Waals surface area contributed by atoms with Crippen molar-refractivity contribution in [2.75, 3.05) is 25.5 Å². The van der Waals surface area contributed by atoms with Gasteiger partial charge in [0.1, 0.15) is 0 Å². The molecule has 1 unspecified atom stereocenters. The summed E-state index contributed by atoms with van der Waals surface area (Å²) in [5.41, 5.74) is 0.971. The van der Waals surface area contributed by atoms with Crippen LogP contribution in [0.25, 0.3) is 0 Å². The molecule has 0 spiro atoms. The number of carbonyl (C=O) groups is 2. The third kappa shape index (κ3) is 3.95. The van der Waals surface area contributed by atoms with Crippen molar-refractivity contribution in [2.24, 2.45) is 0 Å². The molecular formula is C17H22N2O3. The zero-order chi connectivity index (χ0) is 16.2. The average Bonchev–Trinajstić information content (AvgIpc) is 2.93. The van der Waals surface area contributed by atoms with E-state index in [2.05, 4.69) is 11.9 Å². The fraction of sp³-hybridized carbons (Fsp3) is 0.412. The van der Waals surface area contributed by atoms with Crippen molar-refractivity contribution < 1.29 is 14.3 Å². The number of likely N-dealkylation sites (N-methyl/N-ethyl adjacent to an activating group) is 1. The Kier molecular flexibility index (Phi) is 4.98. The predicted octanol–water partition coefficient (Wildman–Crippen LogP) is 2.45. The highest BCUT2D eigenvalue weighted by molar-refractivity contribution is 5.99. The van der Waals surface area contributed by atoms with Crippen LogP contribution in [0.4, 0.5) is 5.69 Å². The topological polar surface area (TPSA) is 58.6 Å². The molecular weight excluding hydrogens is 280 g/mol. The first-order valence-electron chi connectivity index (χ1n) is 7.36. The smallest absolute Gasteiger partial charge is 0.253 e. The Balaban J connectivity index is 1.99. The van der Waals surface area contributed by atoms with Crippen molar-refractivity contribution in [1.29, 1.82) is 0 Å². The van der Waals surface area contributed by atoms with Gasteiger partial charge in [0.05, 0.1) is 5.60 Å². The van der Waals surface area contributed by atoms with Crippen molar-refractivity contribution in [3.05, 3.63) is 42.5 Å². The maximum absolute atomic E-state index is 12.4. The van der Waals surface area contributed by atoms with Crippen molar-refractivity contribution in [3.63, 3.8) is 0 Å². The van der Waals surface area contributed by atoms with Gasteiger partial charge in [-0.2, -0.15) is 0 Å². The Morgan fingerprint density at radius 2 is 2.09 bits per heavy atom. The van der Waals surface area contributed by atoms with Crippen LogP contribution in [-0.4, -0.2) is 42.5 Å². The first-order valence-corrected chi connectivity index (χ1v) is 7.36. The fourth-order valence-corrected chi connectivity index (χ4v) is 2.64. The number of anilines is 1. The molecule has 1 atom stereocenters. The lowest BCUT2D eigenvalue weighted by Crippen LogP contribution is -2.41. The second kappa shape index (κ2) is 6.75. The molecule has 1 saturated heterocycles. The van der Waals surface area contributed by atoms with Crippen LogP contribution in [0.15, 0.2) is 36.9 Å². The number of ether oxygens (including phenoxy) is 1. The Morgan fingerprint density at radius 3 is 2.64 bits per heavy atom. The van der Waals surface area contributed by atoms with E-state index in [0.29, 0.717) is 17.8 Å². The lowest BCUT2D eigenvalue weighted by molar-refractivity contribution is -0.111. The normalized spacial score (nSPS) is 20.5. The van der Waals surface area contributed by atoms with Gasteiger partial charge in [0.2, 0.25) is 5.91 Å². The summed E-state index contributed by atoms with van der Waals surface area (Å²) < 4.78 is 5.72. The maximum atomic E-state index is 12.4. The molecule has 0 aromatic heterocycles. The second-order valence-electron chi connectivity index (χ2n) is 5.83. The van der Waals surface area contributed by atoms with Crippen LogP contribution in [0.5, 0.6) is 0 Å². The first-order chi connectivity index (χ1) is 10.4. The molecule has 2 amide bonds. The Hall–Kier alpha value is -2.14. The third-order valence-corrected chi connectivity index (χ3v) is 3.80. The standard InChI is InChI=1S/C17H22N2O3/c1-4-15(20)18-14-8-6-13(7-9-14)16(21)19(3)12-17(2)10-5-11-22-17/h4,6-9H,1,5,10-12H2,2-3H3,(H,18,20). The number of hydrogen-bond acceptors (Lipinski definition) is 3. The van der Waals surface area contributed by atoms with Gasteiger partial charge < -0.3 is 15.0 Å². The van der Waals surface area contributed by atoms with Crippen LogP contribution in [0, 0.1) is 0 Å². The van der Waals surface area contributed by atoms with Gasteiger partial charge in [-0.3, -0.25) is 9.59 Å². The molecule has 22 heavy (non-hydrogen) atoms. The van der Waals surface area contributed by atoms with E-state index in [4.69, 9.17) is 4.74 Å². The summed E-state index contributed by atoms with van der Waals surface area (Å²) in [6.45, 7) is 6.77. The first kappa shape index (κ1) is 16.2. The number of hydrogen-bond donors (Lipinski definition) is 1. The molecule has 1 aliphatic rings. The summed E-state index contributed by atoms with van der Waals surface area (Å²) >= 11 is 0. The van der Waals surface area contributed by atoms with Crippen molar-refractivity contribution in [1.82, 2.24) is 4.90 Å². The Bertz CT molecular complexity index is 560. The van der Waals surface area contributed by atoms with E-state index in [9.17, 15) is 9.59 Å². The lowest BCUT2D eigenvalue weighted by Gasteiger charge is -2.29. The molecule has 1 aromatic carbocycles. The molecule has 1 fully saturated rings. The van der Waals surface area contributed by atoms with Gasteiger partial charge in [0.25, 0.3) is 5.91 Å². The number of benzene rings is 1. The summed E-state index contributed by atoms with van der Waals surface area (Å²) in [5, 5.41) is 2.65. The van der Waals surface area contributed by atoms with E-state index in [1.807, 2.05) is 6.92 Å². The summed E-state index contributed by atoms with van der Waals surface area (Å²) in [7, 11) is 1.78.